The van der Waals surface area contributed by atoms with Gasteiger partial charge in [-0.15, -0.1) is 0 Å². The molecule has 4 rings (SSSR count). The van der Waals surface area contributed by atoms with Crippen LogP contribution in [-0.2, 0) is 11.2 Å². The summed E-state index contributed by atoms with van der Waals surface area (Å²) in [6.45, 7) is -0.560. The summed E-state index contributed by atoms with van der Waals surface area (Å²) >= 11 is 6.20. The third kappa shape index (κ3) is 4.02. The number of aromatic nitrogens is 1. The van der Waals surface area contributed by atoms with Crippen LogP contribution < -0.4 is 4.74 Å². The van der Waals surface area contributed by atoms with Gasteiger partial charge in [0.2, 0.25) is 6.29 Å². The lowest BCUT2D eigenvalue weighted by atomic mass is 9.99. The number of benzene rings is 2. The summed E-state index contributed by atoms with van der Waals surface area (Å²) in [6, 6.07) is 9.39. The molecule has 3 aromatic rings. The molecule has 5 atom stereocenters. The van der Waals surface area contributed by atoms with Crippen molar-refractivity contribution in [3.63, 3.8) is 0 Å². The number of H-pyrrole nitrogens is 1. The standard InChI is InChI=1S/C21H21ClFNO6/c22-12-6-14-17(11(8-24-14)5-10-1-3-13(23)4-2-10)15(7-12)29-21-20(28)19(27)18(26)16(9-25)30-21/h1-4,6-8,16,18-21,24-28H,5,9H2/t16-,18-,19+,20-,21-/m1/s1. The van der Waals surface area contributed by atoms with Crippen LogP contribution >= 0.6 is 11.6 Å². The molecule has 1 aliphatic heterocycles. The van der Waals surface area contributed by atoms with Crippen LogP contribution in [0.5, 0.6) is 5.75 Å². The minimum absolute atomic E-state index is 0.292. The molecule has 0 bridgehead atoms. The molecule has 30 heavy (non-hydrogen) atoms. The maximum absolute atomic E-state index is 13.2. The third-order valence-electron chi connectivity index (χ3n) is 5.19. The van der Waals surface area contributed by atoms with Crippen LogP contribution in [0.2, 0.25) is 5.02 Å². The summed E-state index contributed by atoms with van der Waals surface area (Å²) in [7, 11) is 0. The lowest BCUT2D eigenvalue weighted by Gasteiger charge is -2.39. The van der Waals surface area contributed by atoms with Crippen LogP contribution in [-0.4, -0.2) is 62.7 Å². The van der Waals surface area contributed by atoms with E-state index in [4.69, 9.17) is 21.1 Å². The Bertz CT molecular complexity index is 1020. The van der Waals surface area contributed by atoms with E-state index in [0.29, 0.717) is 28.1 Å². The molecule has 0 saturated carbocycles. The highest BCUT2D eigenvalue weighted by molar-refractivity contribution is 6.31. The van der Waals surface area contributed by atoms with E-state index in [1.165, 1.54) is 12.1 Å². The van der Waals surface area contributed by atoms with Gasteiger partial charge in [-0.1, -0.05) is 23.7 Å². The van der Waals surface area contributed by atoms with Gasteiger partial charge in [-0.2, -0.15) is 0 Å². The van der Waals surface area contributed by atoms with Crippen molar-refractivity contribution in [1.29, 1.82) is 0 Å². The summed E-state index contributed by atoms with van der Waals surface area (Å²) in [5.74, 6) is -0.0312. The summed E-state index contributed by atoms with van der Waals surface area (Å²) in [5, 5.41) is 40.7. The number of aliphatic hydroxyl groups is 4. The van der Waals surface area contributed by atoms with Crippen LogP contribution in [0.25, 0.3) is 10.9 Å². The molecular weight excluding hydrogens is 417 g/mol. The van der Waals surface area contributed by atoms with E-state index in [2.05, 4.69) is 4.98 Å². The van der Waals surface area contributed by atoms with Gasteiger partial charge in [0, 0.05) is 16.6 Å². The van der Waals surface area contributed by atoms with E-state index >= 15 is 0 Å². The second-order valence-corrected chi connectivity index (χ2v) is 7.70. The highest BCUT2D eigenvalue weighted by Gasteiger charge is 2.44. The Labute approximate surface area is 176 Å². The van der Waals surface area contributed by atoms with E-state index in [1.807, 2.05) is 0 Å². The van der Waals surface area contributed by atoms with Crippen molar-refractivity contribution >= 4 is 22.5 Å². The number of hydrogen-bond donors (Lipinski definition) is 5. The van der Waals surface area contributed by atoms with Crippen molar-refractivity contribution in [2.24, 2.45) is 0 Å². The van der Waals surface area contributed by atoms with E-state index in [-0.39, 0.29) is 5.82 Å². The zero-order chi connectivity index (χ0) is 21.4. The average molecular weight is 438 g/mol. The maximum atomic E-state index is 13.2. The average Bonchev–Trinajstić information content (AvgIpc) is 3.12. The van der Waals surface area contributed by atoms with Crippen molar-refractivity contribution in [3.8, 4) is 5.75 Å². The number of aliphatic hydroxyl groups excluding tert-OH is 4. The predicted molar refractivity (Wildman–Crippen MR) is 107 cm³/mol. The minimum Gasteiger partial charge on any atom is -0.461 e. The first kappa shape index (κ1) is 21.0. The number of halogens is 2. The highest BCUT2D eigenvalue weighted by Crippen LogP contribution is 2.35. The zero-order valence-electron chi connectivity index (χ0n) is 15.7. The lowest BCUT2D eigenvalue weighted by Crippen LogP contribution is -2.60. The lowest BCUT2D eigenvalue weighted by molar-refractivity contribution is -0.277. The van der Waals surface area contributed by atoms with Gasteiger partial charge in [0.15, 0.2) is 0 Å². The van der Waals surface area contributed by atoms with E-state index in [9.17, 15) is 24.8 Å². The summed E-state index contributed by atoms with van der Waals surface area (Å²) in [4.78, 5) is 3.11. The number of nitrogens with one attached hydrogen (secondary N) is 1. The van der Waals surface area contributed by atoms with Crippen LogP contribution in [0.3, 0.4) is 0 Å². The molecule has 1 fully saturated rings. The second-order valence-electron chi connectivity index (χ2n) is 7.26. The number of hydrogen-bond acceptors (Lipinski definition) is 6. The first-order valence-electron chi connectivity index (χ1n) is 9.38. The van der Waals surface area contributed by atoms with Crippen molar-refractivity contribution in [2.75, 3.05) is 6.61 Å². The van der Waals surface area contributed by atoms with Gasteiger partial charge in [0.25, 0.3) is 0 Å². The predicted octanol–water partition coefficient (Wildman–Crippen LogP) is 1.73. The van der Waals surface area contributed by atoms with Gasteiger partial charge in [0.05, 0.1) is 12.1 Å². The fraction of sp³-hybridized carbons (Fsp3) is 0.333. The molecule has 0 amide bonds. The molecule has 1 aliphatic rings. The Kier molecular flexibility index (Phi) is 5.97. The largest absolute Gasteiger partial charge is 0.461 e. The maximum Gasteiger partial charge on any atom is 0.229 e. The summed E-state index contributed by atoms with van der Waals surface area (Å²) in [5.41, 5.74) is 2.40. The van der Waals surface area contributed by atoms with E-state index < -0.39 is 37.3 Å². The smallest absolute Gasteiger partial charge is 0.229 e. The molecule has 5 N–H and O–H groups in total. The highest BCUT2D eigenvalue weighted by atomic mass is 35.5. The first-order valence-corrected chi connectivity index (χ1v) is 9.76. The fourth-order valence-electron chi connectivity index (χ4n) is 3.61. The van der Waals surface area contributed by atoms with Crippen molar-refractivity contribution in [1.82, 2.24) is 4.98 Å². The fourth-order valence-corrected chi connectivity index (χ4v) is 3.82. The van der Waals surface area contributed by atoms with Gasteiger partial charge >= 0.3 is 0 Å². The van der Waals surface area contributed by atoms with Crippen LogP contribution in [0, 0.1) is 5.82 Å². The van der Waals surface area contributed by atoms with Gasteiger partial charge in [-0.25, -0.2) is 4.39 Å². The molecule has 2 heterocycles. The van der Waals surface area contributed by atoms with Gasteiger partial charge < -0.3 is 34.9 Å². The zero-order valence-corrected chi connectivity index (χ0v) is 16.5. The SMILES string of the molecule is OC[C@H]1O[C@@H](Oc2cc(Cl)cc3[nH]cc(Cc4ccc(F)cc4)c23)[C@H](O)[C@@H](O)[C@@H]1O. The molecule has 1 saturated heterocycles. The number of aromatic amines is 1. The Hall–Kier alpha value is -2.20. The number of rotatable bonds is 5. The third-order valence-corrected chi connectivity index (χ3v) is 5.41. The Morgan fingerprint density at radius 1 is 1.07 bits per heavy atom. The van der Waals surface area contributed by atoms with Crippen molar-refractivity contribution < 1.29 is 34.3 Å². The Morgan fingerprint density at radius 3 is 2.50 bits per heavy atom. The van der Waals surface area contributed by atoms with Gasteiger partial charge in [-0.3, -0.25) is 0 Å². The molecule has 0 unspecified atom stereocenters. The molecule has 0 spiro atoms. The van der Waals surface area contributed by atoms with Gasteiger partial charge in [0.1, 0.15) is 36.0 Å². The molecule has 9 heteroatoms. The normalized spacial score (nSPS) is 26.8. The Balaban J connectivity index is 1.68. The molecule has 0 aliphatic carbocycles. The van der Waals surface area contributed by atoms with Crippen LogP contribution in [0.15, 0.2) is 42.6 Å². The number of ether oxygens (including phenoxy) is 2. The molecule has 0 radical (unpaired) electrons. The minimum atomic E-state index is -1.56. The first-order chi connectivity index (χ1) is 14.4. The molecule has 7 nitrogen and oxygen atoms in total. The second kappa shape index (κ2) is 8.50. The van der Waals surface area contributed by atoms with E-state index in [1.54, 1.807) is 30.5 Å². The van der Waals surface area contributed by atoms with Crippen molar-refractivity contribution in [3.05, 3.63) is 64.6 Å². The molecular formula is C21H21ClFNO6. The van der Waals surface area contributed by atoms with Crippen LogP contribution in [0.1, 0.15) is 11.1 Å². The molecule has 160 valence electrons. The quantitative estimate of drug-likeness (QED) is 0.415. The number of fused-ring (bicyclic) bond motifs is 1. The topological polar surface area (TPSA) is 115 Å². The molecule has 2 aromatic carbocycles. The molecule has 1 aromatic heterocycles. The summed E-state index contributed by atoms with van der Waals surface area (Å²) < 4.78 is 24.5. The van der Waals surface area contributed by atoms with Crippen LogP contribution in [0.4, 0.5) is 4.39 Å². The van der Waals surface area contributed by atoms with Crippen molar-refractivity contribution in [2.45, 2.75) is 37.1 Å². The summed E-state index contributed by atoms with van der Waals surface area (Å²) in [6.07, 6.45) is -4.75. The van der Waals surface area contributed by atoms with Gasteiger partial charge in [-0.05, 0) is 41.8 Å². The monoisotopic (exact) mass is 437 g/mol. The van der Waals surface area contributed by atoms with E-state index in [0.717, 1.165) is 11.1 Å². The Morgan fingerprint density at radius 2 is 1.80 bits per heavy atom.